The molecule has 0 saturated heterocycles. The number of aryl methyl sites for hydroxylation is 3. The molecule has 1 aromatic carbocycles. The molecule has 1 heteroatoms. The number of hydrogen-bond donors (Lipinski definition) is 0. The number of benzene rings is 1. The first kappa shape index (κ1) is 11.7. The van der Waals surface area contributed by atoms with Crippen LogP contribution in [0.15, 0.2) is 24.8 Å². The average molecular weight is 202 g/mol. The Morgan fingerprint density at radius 2 is 1.80 bits per heavy atom. The molecule has 80 valence electrons. The van der Waals surface area contributed by atoms with E-state index in [0.29, 0.717) is 6.42 Å². The molecule has 0 amide bonds. The largest absolute Gasteiger partial charge is 0.294 e. The topological polar surface area (TPSA) is 17.1 Å². The SMILES string of the molecule is C=CCCC(=O)c1cc(C)c(C)cc1C. The highest BCUT2D eigenvalue weighted by Gasteiger charge is 2.09. The Morgan fingerprint density at radius 3 is 2.40 bits per heavy atom. The summed E-state index contributed by atoms with van der Waals surface area (Å²) in [4.78, 5) is 11.8. The van der Waals surface area contributed by atoms with Gasteiger partial charge in [0.1, 0.15) is 0 Å². The quantitative estimate of drug-likeness (QED) is 0.536. The lowest BCUT2D eigenvalue weighted by atomic mass is 9.96. The van der Waals surface area contributed by atoms with Crippen LogP contribution in [0.4, 0.5) is 0 Å². The maximum Gasteiger partial charge on any atom is 0.163 e. The van der Waals surface area contributed by atoms with Crippen LogP contribution in [-0.4, -0.2) is 5.78 Å². The number of hydrogen-bond acceptors (Lipinski definition) is 1. The van der Waals surface area contributed by atoms with Gasteiger partial charge in [-0.3, -0.25) is 4.79 Å². The standard InChI is InChI=1S/C14H18O/c1-5-6-7-14(15)13-9-11(3)10(2)8-12(13)4/h5,8-9H,1,6-7H2,2-4H3. The van der Waals surface area contributed by atoms with Crippen LogP contribution in [0.3, 0.4) is 0 Å². The zero-order valence-electron chi connectivity index (χ0n) is 9.76. The van der Waals surface area contributed by atoms with Crippen LogP contribution in [0.5, 0.6) is 0 Å². The van der Waals surface area contributed by atoms with Crippen LogP contribution in [0, 0.1) is 20.8 Å². The Labute approximate surface area is 91.8 Å². The van der Waals surface area contributed by atoms with E-state index in [9.17, 15) is 4.79 Å². The minimum absolute atomic E-state index is 0.218. The first-order valence-corrected chi connectivity index (χ1v) is 5.28. The van der Waals surface area contributed by atoms with Crippen LogP contribution >= 0.6 is 0 Å². The van der Waals surface area contributed by atoms with Crippen molar-refractivity contribution >= 4 is 5.78 Å². The van der Waals surface area contributed by atoms with E-state index >= 15 is 0 Å². The smallest absolute Gasteiger partial charge is 0.163 e. The molecule has 0 radical (unpaired) electrons. The summed E-state index contributed by atoms with van der Waals surface area (Å²) in [5.74, 6) is 0.218. The van der Waals surface area contributed by atoms with E-state index in [0.717, 1.165) is 17.5 Å². The molecule has 15 heavy (non-hydrogen) atoms. The molecule has 0 aromatic heterocycles. The maximum atomic E-state index is 11.8. The van der Waals surface area contributed by atoms with Gasteiger partial charge in [-0.1, -0.05) is 12.1 Å². The molecule has 0 aliphatic heterocycles. The summed E-state index contributed by atoms with van der Waals surface area (Å²) in [6, 6.07) is 4.08. The summed E-state index contributed by atoms with van der Waals surface area (Å²) in [7, 11) is 0. The molecule has 0 N–H and O–H groups in total. The van der Waals surface area contributed by atoms with Gasteiger partial charge in [-0.15, -0.1) is 6.58 Å². The molecule has 1 aromatic rings. The van der Waals surface area contributed by atoms with Gasteiger partial charge in [-0.2, -0.15) is 0 Å². The second kappa shape index (κ2) is 4.92. The Bertz CT molecular complexity index is 389. The van der Waals surface area contributed by atoms with E-state index in [2.05, 4.69) is 19.6 Å². The van der Waals surface area contributed by atoms with Gasteiger partial charge in [0, 0.05) is 12.0 Å². The molecule has 0 aliphatic rings. The van der Waals surface area contributed by atoms with Crippen LogP contribution in [-0.2, 0) is 0 Å². The first-order chi connectivity index (χ1) is 7.06. The zero-order chi connectivity index (χ0) is 11.4. The van der Waals surface area contributed by atoms with E-state index in [1.54, 1.807) is 6.08 Å². The van der Waals surface area contributed by atoms with Crippen molar-refractivity contribution in [2.45, 2.75) is 33.6 Å². The Kier molecular flexibility index (Phi) is 3.84. The van der Waals surface area contributed by atoms with Crippen molar-refractivity contribution in [3.63, 3.8) is 0 Å². The highest BCUT2D eigenvalue weighted by Crippen LogP contribution is 2.17. The molecule has 0 saturated carbocycles. The minimum Gasteiger partial charge on any atom is -0.294 e. The Hall–Kier alpha value is -1.37. The Balaban J connectivity index is 2.98. The fourth-order valence-electron chi connectivity index (χ4n) is 1.63. The highest BCUT2D eigenvalue weighted by atomic mass is 16.1. The maximum absolute atomic E-state index is 11.8. The molecule has 0 fully saturated rings. The average Bonchev–Trinajstić information content (AvgIpc) is 2.20. The Morgan fingerprint density at radius 1 is 1.20 bits per heavy atom. The van der Waals surface area contributed by atoms with Crippen molar-refractivity contribution in [3.8, 4) is 0 Å². The molecule has 0 atom stereocenters. The van der Waals surface area contributed by atoms with Crippen LogP contribution in [0.2, 0.25) is 0 Å². The fraction of sp³-hybridized carbons (Fsp3) is 0.357. The molecular formula is C14H18O. The van der Waals surface area contributed by atoms with Gasteiger partial charge in [0.2, 0.25) is 0 Å². The first-order valence-electron chi connectivity index (χ1n) is 5.28. The number of carbonyl (C=O) groups is 1. The molecule has 0 bridgehead atoms. The summed E-state index contributed by atoms with van der Waals surface area (Å²) < 4.78 is 0. The number of Topliss-reactive ketones (excluding diaryl/α,β-unsaturated/α-hetero) is 1. The van der Waals surface area contributed by atoms with Crippen molar-refractivity contribution in [2.75, 3.05) is 0 Å². The normalized spacial score (nSPS) is 10.1. The molecule has 1 rings (SSSR count). The monoisotopic (exact) mass is 202 g/mol. The lowest BCUT2D eigenvalue weighted by Gasteiger charge is -2.08. The van der Waals surface area contributed by atoms with Crippen molar-refractivity contribution in [1.29, 1.82) is 0 Å². The summed E-state index contributed by atoms with van der Waals surface area (Å²) in [5.41, 5.74) is 4.36. The summed E-state index contributed by atoms with van der Waals surface area (Å²) in [6.45, 7) is 9.73. The van der Waals surface area contributed by atoms with Crippen molar-refractivity contribution in [2.24, 2.45) is 0 Å². The third kappa shape index (κ3) is 2.79. The van der Waals surface area contributed by atoms with Crippen LogP contribution in [0.1, 0.15) is 39.9 Å². The fourth-order valence-corrected chi connectivity index (χ4v) is 1.63. The van der Waals surface area contributed by atoms with Crippen molar-refractivity contribution < 1.29 is 4.79 Å². The van der Waals surface area contributed by atoms with Gasteiger partial charge in [-0.05, 0) is 49.9 Å². The minimum atomic E-state index is 0.218. The molecule has 0 heterocycles. The van der Waals surface area contributed by atoms with Crippen LogP contribution < -0.4 is 0 Å². The highest BCUT2D eigenvalue weighted by molar-refractivity contribution is 5.97. The van der Waals surface area contributed by atoms with E-state index < -0.39 is 0 Å². The van der Waals surface area contributed by atoms with E-state index in [1.165, 1.54) is 11.1 Å². The van der Waals surface area contributed by atoms with E-state index in [4.69, 9.17) is 0 Å². The molecule has 1 nitrogen and oxygen atoms in total. The summed E-state index contributed by atoms with van der Waals surface area (Å²) in [5, 5.41) is 0. The number of allylic oxidation sites excluding steroid dienone is 1. The van der Waals surface area contributed by atoms with Crippen molar-refractivity contribution in [3.05, 3.63) is 47.0 Å². The van der Waals surface area contributed by atoms with Gasteiger partial charge >= 0.3 is 0 Å². The third-order valence-corrected chi connectivity index (χ3v) is 2.72. The summed E-state index contributed by atoms with van der Waals surface area (Å²) in [6.07, 6.45) is 3.10. The second-order valence-electron chi connectivity index (χ2n) is 4.00. The van der Waals surface area contributed by atoms with E-state index in [1.807, 2.05) is 19.9 Å². The van der Waals surface area contributed by atoms with Gasteiger partial charge in [0.25, 0.3) is 0 Å². The van der Waals surface area contributed by atoms with Crippen LogP contribution in [0.25, 0.3) is 0 Å². The van der Waals surface area contributed by atoms with Gasteiger partial charge in [-0.25, -0.2) is 0 Å². The second-order valence-corrected chi connectivity index (χ2v) is 4.00. The van der Waals surface area contributed by atoms with Gasteiger partial charge < -0.3 is 0 Å². The molecule has 0 spiro atoms. The van der Waals surface area contributed by atoms with Gasteiger partial charge in [0.15, 0.2) is 5.78 Å². The lowest BCUT2D eigenvalue weighted by molar-refractivity contribution is 0.0983. The molecular weight excluding hydrogens is 184 g/mol. The molecule has 0 aliphatic carbocycles. The van der Waals surface area contributed by atoms with Gasteiger partial charge in [0.05, 0.1) is 0 Å². The lowest BCUT2D eigenvalue weighted by Crippen LogP contribution is -2.02. The number of carbonyl (C=O) groups excluding carboxylic acids is 1. The predicted octanol–water partition coefficient (Wildman–Crippen LogP) is 3.76. The third-order valence-electron chi connectivity index (χ3n) is 2.72. The summed E-state index contributed by atoms with van der Waals surface area (Å²) >= 11 is 0. The van der Waals surface area contributed by atoms with Crippen molar-refractivity contribution in [1.82, 2.24) is 0 Å². The number of ketones is 1. The molecule has 0 unspecified atom stereocenters. The predicted molar refractivity (Wildman–Crippen MR) is 64.4 cm³/mol. The van der Waals surface area contributed by atoms with E-state index in [-0.39, 0.29) is 5.78 Å². The zero-order valence-corrected chi connectivity index (χ0v) is 9.76. The number of rotatable bonds is 4.